The number of nitrogens with zero attached hydrogens (tertiary/aromatic N) is 2. The monoisotopic (exact) mass is 345 g/mol. The van der Waals surface area contributed by atoms with Gasteiger partial charge in [0.15, 0.2) is 0 Å². The van der Waals surface area contributed by atoms with Crippen LogP contribution in [0.4, 0.5) is 5.69 Å². The minimum atomic E-state index is -3.49. The minimum Gasteiger partial charge on any atom is -0.324 e. The van der Waals surface area contributed by atoms with Crippen LogP contribution in [-0.2, 0) is 15.0 Å². The predicted molar refractivity (Wildman–Crippen MR) is 87.0 cm³/mol. The van der Waals surface area contributed by atoms with Crippen LogP contribution in [0.3, 0.4) is 0 Å². The second-order valence-electron chi connectivity index (χ2n) is 5.46. The highest BCUT2D eigenvalue weighted by Crippen LogP contribution is 2.24. The van der Waals surface area contributed by atoms with E-state index in [1.807, 2.05) is 0 Å². The van der Waals surface area contributed by atoms with Crippen molar-refractivity contribution in [3.63, 3.8) is 0 Å². The van der Waals surface area contributed by atoms with Crippen molar-refractivity contribution in [2.75, 3.05) is 32.5 Å². The summed E-state index contributed by atoms with van der Waals surface area (Å²) in [4.78, 5) is 12.4. The van der Waals surface area contributed by atoms with Gasteiger partial charge in [-0.1, -0.05) is 23.7 Å². The number of carbonyl (C=O) groups excluding carboxylic acids is 1. The maximum atomic E-state index is 12.4. The average molecular weight is 346 g/mol. The van der Waals surface area contributed by atoms with Crippen molar-refractivity contribution in [2.24, 2.45) is 5.92 Å². The first kappa shape index (κ1) is 17.2. The number of halogens is 1. The second kappa shape index (κ2) is 6.95. The van der Waals surface area contributed by atoms with E-state index in [1.54, 1.807) is 24.3 Å². The summed E-state index contributed by atoms with van der Waals surface area (Å²) in [5.74, 6) is -0.577. The molecule has 1 aliphatic rings. The van der Waals surface area contributed by atoms with Crippen molar-refractivity contribution in [3.05, 3.63) is 29.3 Å². The molecule has 0 aromatic heterocycles. The standard InChI is InChI=1S/C14H20ClN3O3S/c1-17(2)22(20,21)18-9-5-6-11(10-18)14(19)16-13-8-4-3-7-12(13)15/h3-4,7-8,11H,5-6,9-10H2,1-2H3,(H,16,19). The van der Waals surface area contributed by atoms with Gasteiger partial charge in [-0.2, -0.15) is 17.0 Å². The first-order valence-corrected chi connectivity index (χ1v) is 8.83. The van der Waals surface area contributed by atoms with Gasteiger partial charge in [0.05, 0.1) is 16.6 Å². The van der Waals surface area contributed by atoms with E-state index in [4.69, 9.17) is 11.6 Å². The number of anilines is 1. The van der Waals surface area contributed by atoms with E-state index < -0.39 is 10.2 Å². The summed E-state index contributed by atoms with van der Waals surface area (Å²) in [5.41, 5.74) is 0.543. The van der Waals surface area contributed by atoms with Crippen LogP contribution in [0.25, 0.3) is 0 Å². The smallest absolute Gasteiger partial charge is 0.281 e. The number of amides is 1. The van der Waals surface area contributed by atoms with E-state index in [-0.39, 0.29) is 18.4 Å². The third-order valence-electron chi connectivity index (χ3n) is 3.67. The van der Waals surface area contributed by atoms with Gasteiger partial charge < -0.3 is 5.32 Å². The Kier molecular flexibility index (Phi) is 5.44. The molecule has 1 saturated heterocycles. The number of hydrogen-bond donors (Lipinski definition) is 1. The van der Waals surface area contributed by atoms with Crippen LogP contribution in [0.5, 0.6) is 0 Å². The number of piperidine rings is 1. The molecule has 6 nitrogen and oxygen atoms in total. The molecule has 0 radical (unpaired) electrons. The molecule has 0 aliphatic carbocycles. The summed E-state index contributed by atoms with van der Waals surface area (Å²) in [6, 6.07) is 6.98. The molecule has 1 fully saturated rings. The van der Waals surface area contributed by atoms with E-state index in [2.05, 4.69) is 5.32 Å². The lowest BCUT2D eigenvalue weighted by atomic mass is 9.99. The van der Waals surface area contributed by atoms with Crippen LogP contribution in [0.15, 0.2) is 24.3 Å². The summed E-state index contributed by atoms with van der Waals surface area (Å²) in [5, 5.41) is 3.24. The Labute approximate surface area is 136 Å². The Hall–Kier alpha value is -1.15. The normalized spacial score (nSPS) is 20.1. The SMILES string of the molecule is CN(C)S(=O)(=O)N1CCCC(C(=O)Nc2ccccc2Cl)C1. The highest BCUT2D eigenvalue weighted by Gasteiger charge is 2.33. The summed E-state index contributed by atoms with van der Waals surface area (Å²) in [6.07, 6.45) is 1.32. The average Bonchev–Trinajstić information content (AvgIpc) is 2.49. The summed E-state index contributed by atoms with van der Waals surface area (Å²) in [6.45, 7) is 0.632. The van der Waals surface area contributed by atoms with Gasteiger partial charge in [-0.15, -0.1) is 0 Å². The fraction of sp³-hybridized carbons (Fsp3) is 0.500. The lowest BCUT2D eigenvalue weighted by Crippen LogP contribution is -2.47. The Morgan fingerprint density at radius 1 is 1.36 bits per heavy atom. The molecular formula is C14H20ClN3O3S. The molecule has 1 amide bonds. The van der Waals surface area contributed by atoms with Crippen LogP contribution in [0, 0.1) is 5.92 Å². The number of benzene rings is 1. The van der Waals surface area contributed by atoms with Gasteiger partial charge in [0, 0.05) is 27.2 Å². The van der Waals surface area contributed by atoms with E-state index in [1.165, 1.54) is 22.7 Å². The highest BCUT2D eigenvalue weighted by molar-refractivity contribution is 7.86. The Morgan fingerprint density at radius 3 is 2.68 bits per heavy atom. The molecule has 1 atom stereocenters. The van der Waals surface area contributed by atoms with Gasteiger partial charge in [-0.3, -0.25) is 4.79 Å². The zero-order valence-electron chi connectivity index (χ0n) is 12.6. The number of para-hydroxylation sites is 1. The van der Waals surface area contributed by atoms with Gasteiger partial charge in [-0.25, -0.2) is 0 Å². The molecule has 0 bridgehead atoms. The van der Waals surface area contributed by atoms with Crippen LogP contribution in [-0.4, -0.2) is 50.1 Å². The number of hydrogen-bond acceptors (Lipinski definition) is 3. The van der Waals surface area contributed by atoms with E-state index in [0.29, 0.717) is 30.1 Å². The molecule has 1 N–H and O–H groups in total. The molecular weight excluding hydrogens is 326 g/mol. The second-order valence-corrected chi connectivity index (χ2v) is 8.01. The Balaban J connectivity index is 2.06. The fourth-order valence-corrected chi connectivity index (χ4v) is 3.77. The van der Waals surface area contributed by atoms with Gasteiger partial charge in [0.25, 0.3) is 10.2 Å². The maximum Gasteiger partial charge on any atom is 0.281 e. The minimum absolute atomic E-state index is 0.191. The zero-order chi connectivity index (χ0) is 16.3. The highest BCUT2D eigenvalue weighted by atomic mass is 35.5. The molecule has 22 heavy (non-hydrogen) atoms. The van der Waals surface area contributed by atoms with Gasteiger partial charge in [0.1, 0.15) is 0 Å². The zero-order valence-corrected chi connectivity index (χ0v) is 14.2. The first-order chi connectivity index (χ1) is 10.3. The lowest BCUT2D eigenvalue weighted by molar-refractivity contribution is -0.120. The van der Waals surface area contributed by atoms with Crippen molar-refractivity contribution in [1.82, 2.24) is 8.61 Å². The molecule has 0 spiro atoms. The largest absolute Gasteiger partial charge is 0.324 e. The topological polar surface area (TPSA) is 69.7 Å². The fourth-order valence-electron chi connectivity index (χ4n) is 2.39. The van der Waals surface area contributed by atoms with E-state index >= 15 is 0 Å². The molecule has 1 heterocycles. The van der Waals surface area contributed by atoms with Crippen molar-refractivity contribution in [2.45, 2.75) is 12.8 Å². The summed E-state index contributed by atoms with van der Waals surface area (Å²) >= 11 is 6.02. The molecule has 2 rings (SSSR count). The van der Waals surface area contributed by atoms with Crippen LogP contribution in [0.2, 0.25) is 5.02 Å². The lowest BCUT2D eigenvalue weighted by Gasteiger charge is -2.32. The van der Waals surface area contributed by atoms with Crippen molar-refractivity contribution in [1.29, 1.82) is 0 Å². The van der Waals surface area contributed by atoms with Crippen LogP contribution < -0.4 is 5.32 Å². The third-order valence-corrected chi connectivity index (χ3v) is 5.91. The maximum absolute atomic E-state index is 12.4. The Bertz CT molecular complexity index is 648. The molecule has 1 aromatic rings. The van der Waals surface area contributed by atoms with E-state index in [9.17, 15) is 13.2 Å². The van der Waals surface area contributed by atoms with Gasteiger partial charge in [-0.05, 0) is 25.0 Å². The number of rotatable bonds is 4. The van der Waals surface area contributed by atoms with Gasteiger partial charge >= 0.3 is 0 Å². The van der Waals surface area contributed by atoms with Crippen LogP contribution in [0.1, 0.15) is 12.8 Å². The molecule has 122 valence electrons. The van der Waals surface area contributed by atoms with Crippen molar-refractivity contribution >= 4 is 33.4 Å². The van der Waals surface area contributed by atoms with Crippen molar-refractivity contribution < 1.29 is 13.2 Å². The summed E-state index contributed by atoms with van der Waals surface area (Å²) in [7, 11) is -0.509. The third kappa shape index (κ3) is 3.78. The van der Waals surface area contributed by atoms with E-state index in [0.717, 1.165) is 0 Å². The quantitative estimate of drug-likeness (QED) is 0.904. The molecule has 1 aromatic carbocycles. The van der Waals surface area contributed by atoms with Gasteiger partial charge in [0.2, 0.25) is 5.91 Å². The molecule has 8 heteroatoms. The number of carbonyl (C=O) groups is 1. The molecule has 1 aliphatic heterocycles. The molecule has 1 unspecified atom stereocenters. The van der Waals surface area contributed by atoms with Crippen LogP contribution >= 0.6 is 11.6 Å². The molecule has 0 saturated carbocycles. The predicted octanol–water partition coefficient (Wildman–Crippen LogP) is 1.80. The first-order valence-electron chi connectivity index (χ1n) is 7.05. The summed E-state index contributed by atoms with van der Waals surface area (Å²) < 4.78 is 26.9. The Morgan fingerprint density at radius 2 is 2.05 bits per heavy atom. The number of nitrogens with one attached hydrogen (secondary N) is 1. The van der Waals surface area contributed by atoms with Crippen molar-refractivity contribution in [3.8, 4) is 0 Å².